The molecule has 0 fully saturated rings. The van der Waals surface area contributed by atoms with Crippen LogP contribution in [0.25, 0.3) is 0 Å². The van der Waals surface area contributed by atoms with Crippen LogP contribution in [0, 0.1) is 23.7 Å². The third-order valence-corrected chi connectivity index (χ3v) is 3.12. The largest absolute Gasteiger partial charge is 0.455 e. The molecule has 0 spiro atoms. The van der Waals surface area contributed by atoms with Crippen LogP contribution >= 0.6 is 0 Å². The summed E-state index contributed by atoms with van der Waals surface area (Å²) >= 11 is 0. The van der Waals surface area contributed by atoms with Crippen molar-refractivity contribution in [2.24, 2.45) is 0 Å². The van der Waals surface area contributed by atoms with Crippen LogP contribution in [-0.2, 0) is 9.53 Å². The molecule has 2 nitrogen and oxygen atoms in total. The highest BCUT2D eigenvalue weighted by Crippen LogP contribution is 2.10. The van der Waals surface area contributed by atoms with Crippen molar-refractivity contribution >= 4 is 6.47 Å². The Bertz CT molecular complexity index is 325. The van der Waals surface area contributed by atoms with Crippen LogP contribution in [0.4, 0.5) is 0 Å². The normalized spacial score (nSPS) is 9.05. The average molecular weight is 276 g/mol. The zero-order chi connectivity index (χ0) is 14.7. The van der Waals surface area contributed by atoms with Crippen molar-refractivity contribution in [1.29, 1.82) is 0 Å². The maximum Gasteiger partial charge on any atom is 0.294 e. The summed E-state index contributed by atoms with van der Waals surface area (Å²) in [6.45, 7) is 2.79. The fourth-order valence-corrected chi connectivity index (χ4v) is 1.96. The first-order valence-electron chi connectivity index (χ1n) is 7.92. The molecule has 0 rings (SSSR count). The van der Waals surface area contributed by atoms with E-state index in [1.807, 2.05) is 0 Å². The molecule has 0 aromatic carbocycles. The van der Waals surface area contributed by atoms with E-state index in [1.165, 1.54) is 57.8 Å². The summed E-state index contributed by atoms with van der Waals surface area (Å²) in [5.41, 5.74) is 0. The Morgan fingerprint density at radius 3 is 1.95 bits per heavy atom. The second-order valence-electron chi connectivity index (χ2n) is 4.94. The number of hydrogen-bond donors (Lipinski definition) is 0. The summed E-state index contributed by atoms with van der Waals surface area (Å²) < 4.78 is 4.42. The molecular weight excluding hydrogens is 248 g/mol. The molecule has 112 valence electrons. The molecule has 0 saturated heterocycles. The van der Waals surface area contributed by atoms with Crippen molar-refractivity contribution in [3.63, 3.8) is 0 Å². The molecule has 0 aliphatic carbocycles. The molecule has 0 aromatic heterocycles. The van der Waals surface area contributed by atoms with Crippen LogP contribution in [0.15, 0.2) is 0 Å². The van der Waals surface area contributed by atoms with E-state index in [4.69, 9.17) is 0 Å². The first kappa shape index (κ1) is 18.6. The zero-order valence-corrected chi connectivity index (χ0v) is 12.9. The lowest BCUT2D eigenvalue weighted by molar-refractivity contribution is -0.127. The van der Waals surface area contributed by atoms with Gasteiger partial charge in [-0.3, -0.25) is 4.79 Å². The van der Waals surface area contributed by atoms with Gasteiger partial charge in [-0.15, -0.1) is 0 Å². The van der Waals surface area contributed by atoms with Crippen molar-refractivity contribution in [2.45, 2.75) is 77.6 Å². The van der Waals surface area contributed by atoms with E-state index >= 15 is 0 Å². The molecule has 0 amide bonds. The quantitative estimate of drug-likeness (QED) is 0.298. The Morgan fingerprint density at radius 1 is 0.800 bits per heavy atom. The molecule has 2 heteroatoms. The van der Waals surface area contributed by atoms with Gasteiger partial charge in [0.25, 0.3) is 6.47 Å². The minimum atomic E-state index is 0.135. The van der Waals surface area contributed by atoms with E-state index in [1.54, 1.807) is 0 Å². The van der Waals surface area contributed by atoms with Crippen molar-refractivity contribution in [3.05, 3.63) is 0 Å². The van der Waals surface area contributed by atoms with E-state index < -0.39 is 0 Å². The van der Waals surface area contributed by atoms with Crippen molar-refractivity contribution < 1.29 is 9.53 Å². The number of unbranched alkanes of at least 4 members (excludes halogenated alkanes) is 10. The van der Waals surface area contributed by atoms with E-state index in [9.17, 15) is 4.79 Å². The van der Waals surface area contributed by atoms with Gasteiger partial charge in [0.2, 0.25) is 0 Å². The molecule has 0 heterocycles. The number of ether oxygens (including phenoxy) is 1. The molecule has 0 bridgehead atoms. The number of carbonyl (C=O) groups is 1. The van der Waals surface area contributed by atoms with Crippen LogP contribution in [-0.4, -0.2) is 13.1 Å². The van der Waals surface area contributed by atoms with Gasteiger partial charge in [-0.25, -0.2) is 0 Å². The number of carbonyl (C=O) groups excluding carboxylic acids is 1. The maximum absolute atomic E-state index is 9.83. The Balaban J connectivity index is 3.18. The average Bonchev–Trinajstić information content (AvgIpc) is 2.47. The van der Waals surface area contributed by atoms with Gasteiger partial charge in [0.05, 0.1) is 0 Å². The monoisotopic (exact) mass is 276 g/mol. The fraction of sp³-hybridized carbons (Fsp3) is 0.722. The van der Waals surface area contributed by atoms with E-state index in [0.717, 1.165) is 12.8 Å². The Hall–Kier alpha value is -1.41. The molecule has 0 aromatic rings. The molecule has 20 heavy (non-hydrogen) atoms. The van der Waals surface area contributed by atoms with Crippen LogP contribution in [0.5, 0.6) is 0 Å². The van der Waals surface area contributed by atoms with Crippen LogP contribution in [0.2, 0.25) is 0 Å². The van der Waals surface area contributed by atoms with Crippen LogP contribution in [0.1, 0.15) is 77.6 Å². The molecule has 0 N–H and O–H groups in total. The SMILES string of the molecule is CCCCCCCCCCCCC#CC#CCOC=O. The van der Waals surface area contributed by atoms with Gasteiger partial charge in [0.1, 0.15) is 0 Å². The summed E-state index contributed by atoms with van der Waals surface area (Å²) in [5.74, 6) is 11.1. The van der Waals surface area contributed by atoms with E-state index in [-0.39, 0.29) is 6.61 Å². The highest BCUT2D eigenvalue weighted by atomic mass is 16.5. The minimum absolute atomic E-state index is 0.135. The van der Waals surface area contributed by atoms with Gasteiger partial charge in [0.15, 0.2) is 6.61 Å². The van der Waals surface area contributed by atoms with Crippen LogP contribution < -0.4 is 0 Å². The maximum atomic E-state index is 9.83. The predicted molar refractivity (Wildman–Crippen MR) is 84.0 cm³/mol. The summed E-state index contributed by atoms with van der Waals surface area (Å²) in [7, 11) is 0. The minimum Gasteiger partial charge on any atom is -0.455 e. The lowest BCUT2D eigenvalue weighted by atomic mass is 10.1. The van der Waals surface area contributed by atoms with E-state index in [2.05, 4.69) is 35.3 Å². The number of hydrogen-bond acceptors (Lipinski definition) is 2. The standard InChI is InChI=1S/C18H28O2/c1-2-3-4-5-6-7-8-9-10-11-12-13-14-15-16-17-20-18-19/h18H,2-12,17H2,1H3. The Kier molecular flexibility index (Phi) is 16.3. The summed E-state index contributed by atoms with van der Waals surface area (Å²) in [4.78, 5) is 9.83. The van der Waals surface area contributed by atoms with Gasteiger partial charge in [0, 0.05) is 6.42 Å². The highest BCUT2D eigenvalue weighted by Gasteiger charge is 1.91. The van der Waals surface area contributed by atoms with Gasteiger partial charge in [-0.1, -0.05) is 70.6 Å². The lowest BCUT2D eigenvalue weighted by Gasteiger charge is -2.00. The molecule has 0 saturated carbocycles. The molecule has 0 aliphatic heterocycles. The molecule has 0 unspecified atom stereocenters. The van der Waals surface area contributed by atoms with Gasteiger partial charge >= 0.3 is 0 Å². The second-order valence-corrected chi connectivity index (χ2v) is 4.94. The van der Waals surface area contributed by atoms with Crippen molar-refractivity contribution in [2.75, 3.05) is 6.61 Å². The molecule has 0 aliphatic rings. The lowest BCUT2D eigenvalue weighted by Crippen LogP contribution is -1.85. The third-order valence-electron chi connectivity index (χ3n) is 3.12. The molecular formula is C18H28O2. The van der Waals surface area contributed by atoms with Gasteiger partial charge in [-0.2, -0.15) is 0 Å². The zero-order valence-electron chi connectivity index (χ0n) is 12.9. The van der Waals surface area contributed by atoms with Crippen molar-refractivity contribution in [1.82, 2.24) is 0 Å². The van der Waals surface area contributed by atoms with Gasteiger partial charge < -0.3 is 4.74 Å². The first-order chi connectivity index (χ1) is 9.91. The fourth-order valence-electron chi connectivity index (χ4n) is 1.96. The number of rotatable bonds is 12. The van der Waals surface area contributed by atoms with E-state index in [0.29, 0.717) is 6.47 Å². The third kappa shape index (κ3) is 16.6. The second kappa shape index (κ2) is 17.6. The first-order valence-corrected chi connectivity index (χ1v) is 7.92. The summed E-state index contributed by atoms with van der Waals surface area (Å²) in [5, 5.41) is 0. The Labute approximate surface area is 124 Å². The molecule has 0 radical (unpaired) electrons. The van der Waals surface area contributed by atoms with Crippen LogP contribution in [0.3, 0.4) is 0 Å². The summed E-state index contributed by atoms with van der Waals surface area (Å²) in [6.07, 6.45) is 14.4. The van der Waals surface area contributed by atoms with Crippen molar-refractivity contribution in [3.8, 4) is 23.7 Å². The predicted octanol–water partition coefficient (Wildman–Crippen LogP) is 4.48. The van der Waals surface area contributed by atoms with Gasteiger partial charge in [-0.05, 0) is 24.2 Å². The highest BCUT2D eigenvalue weighted by molar-refractivity contribution is 5.38. The smallest absolute Gasteiger partial charge is 0.294 e. The topological polar surface area (TPSA) is 26.3 Å². The summed E-state index contributed by atoms with van der Waals surface area (Å²) in [6, 6.07) is 0. The molecule has 0 atom stereocenters. The Morgan fingerprint density at radius 2 is 1.35 bits per heavy atom.